The molecule has 2 aliphatic carbocycles. The Hall–Kier alpha value is -5.04. The average molecular weight is 753 g/mol. The Morgan fingerprint density at radius 1 is 1.04 bits per heavy atom. The third kappa shape index (κ3) is 7.03. The quantitative estimate of drug-likeness (QED) is 0.125. The van der Waals surface area contributed by atoms with Crippen LogP contribution in [0.2, 0.25) is 0 Å². The zero-order valence-electron chi connectivity index (χ0n) is 31.5. The summed E-state index contributed by atoms with van der Waals surface area (Å²) >= 11 is 0. The number of benzene rings is 2. The highest BCUT2D eigenvalue weighted by Gasteiger charge is 2.69. The molecule has 12 nitrogen and oxygen atoms in total. The number of amides is 1. The fourth-order valence-corrected chi connectivity index (χ4v) is 9.24. The summed E-state index contributed by atoms with van der Waals surface area (Å²) in [6, 6.07) is 20.7. The lowest BCUT2D eigenvalue weighted by atomic mass is 9.57. The Bertz CT molecular complexity index is 1960. The molecule has 1 amide bonds. The third-order valence-electron chi connectivity index (χ3n) is 11.9. The van der Waals surface area contributed by atoms with Crippen LogP contribution in [0.1, 0.15) is 50.2 Å². The van der Waals surface area contributed by atoms with Crippen molar-refractivity contribution in [2.24, 2.45) is 29.6 Å². The maximum Gasteiger partial charge on any atom is 0.397 e. The molecular weight excluding hydrogens is 704 g/mol. The molecule has 0 radical (unpaired) electrons. The van der Waals surface area contributed by atoms with Crippen molar-refractivity contribution in [3.8, 4) is 11.1 Å². The number of carbonyl (C=O) groups excluding carboxylic acids is 4. The number of H-pyrrole nitrogens is 1. The van der Waals surface area contributed by atoms with Gasteiger partial charge in [-0.1, -0.05) is 86.7 Å². The number of rotatable bonds is 8. The van der Waals surface area contributed by atoms with Crippen molar-refractivity contribution in [3.63, 3.8) is 0 Å². The molecule has 12 heteroatoms. The molecule has 1 saturated carbocycles. The fraction of sp³-hybridized carbons (Fsp3) is 0.442. The minimum absolute atomic E-state index is 0.0942. The molecule has 4 aliphatic rings. The van der Waals surface area contributed by atoms with Crippen molar-refractivity contribution in [2.45, 2.75) is 82.9 Å². The van der Waals surface area contributed by atoms with Crippen molar-refractivity contribution in [3.05, 3.63) is 108 Å². The van der Waals surface area contributed by atoms with Crippen molar-refractivity contribution < 1.29 is 48.0 Å². The smallest absolute Gasteiger partial charge is 0.397 e. The predicted octanol–water partition coefficient (Wildman–Crippen LogP) is 4.93. The highest BCUT2D eigenvalue weighted by Crippen LogP contribution is 2.61. The van der Waals surface area contributed by atoms with Gasteiger partial charge in [-0.2, -0.15) is 0 Å². The zero-order chi connectivity index (χ0) is 39.0. The van der Waals surface area contributed by atoms with Gasteiger partial charge in [-0.15, -0.1) is 0 Å². The van der Waals surface area contributed by atoms with Gasteiger partial charge in [-0.3, -0.25) is 4.79 Å². The van der Waals surface area contributed by atoms with E-state index in [1.807, 2.05) is 93.6 Å². The van der Waals surface area contributed by atoms with Gasteiger partial charge in [-0.05, 0) is 54.7 Å². The molecule has 2 aromatic carbocycles. The maximum absolute atomic E-state index is 13.8. The second-order valence-electron chi connectivity index (χ2n) is 15.2. The first kappa shape index (κ1) is 38.2. The van der Waals surface area contributed by atoms with E-state index < -0.39 is 89.7 Å². The number of aliphatic hydroxyl groups is 1. The third-order valence-corrected chi connectivity index (χ3v) is 11.9. The van der Waals surface area contributed by atoms with Crippen LogP contribution in [0.15, 0.2) is 96.7 Å². The molecule has 1 spiro atoms. The van der Waals surface area contributed by atoms with E-state index in [9.17, 15) is 24.3 Å². The summed E-state index contributed by atoms with van der Waals surface area (Å²) in [5.74, 6) is -5.32. The summed E-state index contributed by atoms with van der Waals surface area (Å²) in [5, 5.41) is 14.7. The van der Waals surface area contributed by atoms with Crippen LogP contribution in [-0.4, -0.2) is 83.2 Å². The van der Waals surface area contributed by atoms with Crippen LogP contribution in [0.3, 0.4) is 0 Å². The van der Waals surface area contributed by atoms with Crippen LogP contribution >= 0.6 is 0 Å². The average Bonchev–Trinajstić information content (AvgIpc) is 3.80. The van der Waals surface area contributed by atoms with Gasteiger partial charge in [0.15, 0.2) is 6.10 Å². The first-order valence-electron chi connectivity index (χ1n) is 18.9. The molecule has 12 atom stereocenters. The van der Waals surface area contributed by atoms with Crippen LogP contribution < -0.4 is 5.32 Å². The zero-order valence-corrected chi connectivity index (χ0v) is 31.5. The minimum atomic E-state index is -1.11. The van der Waals surface area contributed by atoms with Gasteiger partial charge in [0.1, 0.15) is 35.7 Å². The molecule has 1 saturated heterocycles. The van der Waals surface area contributed by atoms with Gasteiger partial charge in [0.2, 0.25) is 0 Å². The number of aliphatic hydroxyl groups excluding tert-OH is 1. The first-order chi connectivity index (χ1) is 26.4. The van der Waals surface area contributed by atoms with E-state index in [2.05, 4.69) is 10.3 Å². The Morgan fingerprint density at radius 3 is 2.51 bits per heavy atom. The maximum atomic E-state index is 13.8. The van der Waals surface area contributed by atoms with Gasteiger partial charge in [0.25, 0.3) is 0 Å². The molecule has 3 aromatic rings. The molecule has 3 N–H and O–H groups in total. The highest BCUT2D eigenvalue weighted by atomic mass is 16.6. The molecule has 2 unspecified atom stereocenters. The summed E-state index contributed by atoms with van der Waals surface area (Å²) in [6.45, 7) is 7.29. The Morgan fingerprint density at radius 2 is 1.78 bits per heavy atom. The molecule has 2 aliphatic heterocycles. The van der Waals surface area contributed by atoms with E-state index in [0.29, 0.717) is 5.69 Å². The van der Waals surface area contributed by atoms with Crippen LogP contribution in [-0.2, 0) is 44.6 Å². The van der Waals surface area contributed by atoms with E-state index in [0.717, 1.165) is 22.3 Å². The van der Waals surface area contributed by atoms with Gasteiger partial charge in [0.05, 0.1) is 6.10 Å². The van der Waals surface area contributed by atoms with Crippen molar-refractivity contribution in [1.82, 2.24) is 10.3 Å². The second kappa shape index (κ2) is 15.6. The van der Waals surface area contributed by atoms with E-state index >= 15 is 0 Å². The topological polar surface area (TPSA) is 162 Å². The lowest BCUT2D eigenvalue weighted by Gasteiger charge is -2.48. The monoisotopic (exact) mass is 752 g/mol. The fourth-order valence-electron chi connectivity index (χ4n) is 9.24. The van der Waals surface area contributed by atoms with Crippen molar-refractivity contribution >= 4 is 23.8 Å². The summed E-state index contributed by atoms with van der Waals surface area (Å²) in [4.78, 5) is 56.0. The van der Waals surface area contributed by atoms with E-state index in [-0.39, 0.29) is 18.9 Å². The molecule has 2 fully saturated rings. The minimum Gasteiger partial charge on any atom is -0.456 e. The van der Waals surface area contributed by atoms with E-state index in [1.54, 1.807) is 25.3 Å². The number of ether oxygens (including phenoxy) is 5. The lowest BCUT2D eigenvalue weighted by molar-refractivity contribution is -0.180. The number of carbonyl (C=O) groups is 4. The van der Waals surface area contributed by atoms with Gasteiger partial charge in [0, 0.05) is 49.4 Å². The molecule has 55 heavy (non-hydrogen) atoms. The highest BCUT2D eigenvalue weighted by molar-refractivity contribution is 6.32. The predicted molar refractivity (Wildman–Crippen MR) is 200 cm³/mol. The van der Waals surface area contributed by atoms with Crippen LogP contribution in [0.5, 0.6) is 0 Å². The number of aromatic amines is 1. The number of hydrogen-bond donors (Lipinski definition) is 3. The summed E-state index contributed by atoms with van der Waals surface area (Å²) in [6.07, 6.45) is 2.46. The SMILES string of the molecule is CO[C@H]1C[C@H]2C=CC3C4[C@H](O)[C@@H](C)[C@@H](OC(=O)c5ccc[nH]5)[C@@H]3O[C@]42/C(C)=C/[C@@H](C)[C@@H]([C@@H](C)OC(=O)C(=O)NCc2ccccc2-c2ccccc2)OC1=O. The summed E-state index contributed by atoms with van der Waals surface area (Å²) in [7, 11) is 1.42. The number of esters is 3. The molecule has 3 heterocycles. The first-order valence-corrected chi connectivity index (χ1v) is 18.9. The Labute approximate surface area is 320 Å². The second-order valence-corrected chi connectivity index (χ2v) is 15.2. The molecular formula is C43H48N2O10. The molecule has 4 bridgehead atoms. The Kier molecular flexibility index (Phi) is 10.8. The number of cyclic esters (lactones) is 1. The van der Waals surface area contributed by atoms with Crippen LogP contribution in [0.25, 0.3) is 11.1 Å². The summed E-state index contributed by atoms with van der Waals surface area (Å²) < 4.78 is 30.5. The van der Waals surface area contributed by atoms with Crippen molar-refractivity contribution in [2.75, 3.05) is 7.11 Å². The van der Waals surface area contributed by atoms with Gasteiger partial charge in [-0.25, -0.2) is 14.4 Å². The molecule has 7 rings (SSSR count). The van der Waals surface area contributed by atoms with E-state index in [1.165, 1.54) is 7.11 Å². The standard InChI is InChI=1S/C43H48N2O10/c1-23-20-24(2)43-29(17-18-31-34(43)35(46)25(3)37(38(31)55-43)54-40(48)32-16-11-19-44-32)21-33(51-5)41(49)53-36(23)26(4)52-42(50)39(47)45-22-28-14-9-10-15-30(28)27-12-7-6-8-13-27/h6-20,23,25-26,29,31,33-38,44,46H,21-22H2,1-5H3,(H,45,47)/b24-20+/t23-,25-,26-,29-,31?,33+,34?,35-,36+,37-,38-,43+/m1/s1. The van der Waals surface area contributed by atoms with E-state index in [4.69, 9.17) is 23.7 Å². The number of aromatic nitrogens is 1. The largest absolute Gasteiger partial charge is 0.456 e. The lowest BCUT2D eigenvalue weighted by Crippen LogP contribution is -2.57. The molecule has 290 valence electrons. The Balaban J connectivity index is 1.11. The number of hydrogen-bond acceptors (Lipinski definition) is 10. The van der Waals surface area contributed by atoms with Crippen LogP contribution in [0, 0.1) is 29.6 Å². The number of nitrogens with one attached hydrogen (secondary N) is 2. The van der Waals surface area contributed by atoms with Crippen molar-refractivity contribution in [1.29, 1.82) is 0 Å². The molecule has 1 aromatic heterocycles. The van der Waals surface area contributed by atoms with Gasteiger partial charge >= 0.3 is 23.8 Å². The number of methoxy groups -OCH3 is 1. The van der Waals surface area contributed by atoms with Gasteiger partial charge < -0.3 is 39.1 Å². The normalized spacial score (nSPS) is 33.9. The summed E-state index contributed by atoms with van der Waals surface area (Å²) in [5.41, 5.74) is 2.74. The van der Waals surface area contributed by atoms with Crippen LogP contribution in [0.4, 0.5) is 0 Å².